The number of rotatable bonds is 9. The van der Waals surface area contributed by atoms with Gasteiger partial charge in [-0.1, -0.05) is 19.8 Å². The first-order chi connectivity index (χ1) is 16.5. The second kappa shape index (κ2) is 11.4. The van der Waals surface area contributed by atoms with Crippen LogP contribution < -0.4 is 10.5 Å². The topological polar surface area (TPSA) is 108 Å². The smallest absolute Gasteiger partial charge is 0.217 e. The van der Waals surface area contributed by atoms with Crippen molar-refractivity contribution in [2.45, 2.75) is 76.7 Å². The maximum absolute atomic E-state index is 13.4. The van der Waals surface area contributed by atoms with Crippen molar-refractivity contribution >= 4 is 17.3 Å². The van der Waals surface area contributed by atoms with Gasteiger partial charge in [0.2, 0.25) is 5.88 Å². The average Bonchev–Trinajstić information content (AvgIpc) is 3.52. The van der Waals surface area contributed by atoms with E-state index >= 15 is 0 Å². The fourth-order valence-corrected chi connectivity index (χ4v) is 5.23. The number of Topliss-reactive ketones (excluding diaryl/α,β-unsaturated/α-hetero) is 2. The first-order valence-electron chi connectivity index (χ1n) is 12.8. The van der Waals surface area contributed by atoms with Gasteiger partial charge in [0.25, 0.3) is 0 Å². The predicted molar refractivity (Wildman–Crippen MR) is 129 cm³/mol. The maximum atomic E-state index is 13.4. The molecule has 0 unspecified atom stereocenters. The van der Waals surface area contributed by atoms with E-state index < -0.39 is 5.92 Å². The van der Waals surface area contributed by atoms with Gasteiger partial charge in [0.15, 0.2) is 11.6 Å². The first-order valence-corrected chi connectivity index (χ1v) is 12.8. The quantitative estimate of drug-likeness (QED) is 0.433. The summed E-state index contributed by atoms with van der Waals surface area (Å²) in [4.78, 5) is 37.6. The van der Waals surface area contributed by atoms with Gasteiger partial charge in [-0.05, 0) is 52.1 Å². The molecule has 1 saturated carbocycles. The molecule has 2 N–H and O–H groups in total. The standard InChI is InChI=1S/C26H38N4O4/c1-3-7-20(25(32)19-9-4-5-10-22(19)31)24(27)26-28-21(17-11-13-33-15-17)14-23(29-26)34-16-18-8-6-12-30(18)2/h14,17-19H,3-13,15-16,27H2,1-2H3/b24-20-/t17-,18-,19-/m0/s1. The van der Waals surface area contributed by atoms with Crippen LogP contribution in [0.2, 0.25) is 0 Å². The van der Waals surface area contributed by atoms with E-state index in [-0.39, 0.29) is 23.2 Å². The normalized spacial score (nSPS) is 26.5. The molecule has 1 aromatic heterocycles. The predicted octanol–water partition coefficient (Wildman–Crippen LogP) is 3.25. The van der Waals surface area contributed by atoms with Gasteiger partial charge in [-0.2, -0.15) is 4.98 Å². The molecule has 8 nitrogen and oxygen atoms in total. The minimum atomic E-state index is -0.589. The molecular weight excluding hydrogens is 432 g/mol. The van der Waals surface area contributed by atoms with E-state index in [1.165, 1.54) is 6.42 Å². The maximum Gasteiger partial charge on any atom is 0.217 e. The number of carbonyl (C=O) groups is 2. The first kappa shape index (κ1) is 24.8. The number of aromatic nitrogens is 2. The average molecular weight is 471 g/mol. The van der Waals surface area contributed by atoms with Crippen LogP contribution in [0.25, 0.3) is 5.70 Å². The number of likely N-dealkylation sites (N-methyl/N-ethyl adjacent to an activating group) is 1. The molecule has 0 aromatic carbocycles. The highest BCUT2D eigenvalue weighted by Crippen LogP contribution is 2.30. The summed E-state index contributed by atoms with van der Waals surface area (Å²) in [5.74, 6) is 0.231. The van der Waals surface area contributed by atoms with Gasteiger partial charge >= 0.3 is 0 Å². The molecule has 2 aliphatic heterocycles. The van der Waals surface area contributed by atoms with Gasteiger partial charge in [-0.25, -0.2) is 4.98 Å². The highest BCUT2D eigenvalue weighted by Gasteiger charge is 2.32. The monoisotopic (exact) mass is 470 g/mol. The summed E-state index contributed by atoms with van der Waals surface area (Å²) in [6.45, 7) is 4.92. The number of ether oxygens (including phenoxy) is 2. The van der Waals surface area contributed by atoms with Crippen LogP contribution in [0.3, 0.4) is 0 Å². The fourth-order valence-electron chi connectivity index (χ4n) is 5.23. The third-order valence-corrected chi connectivity index (χ3v) is 7.40. The van der Waals surface area contributed by atoms with Gasteiger partial charge in [0, 0.05) is 36.6 Å². The Bertz CT molecular complexity index is 925. The van der Waals surface area contributed by atoms with Crippen molar-refractivity contribution < 1.29 is 19.1 Å². The third kappa shape index (κ3) is 5.66. The van der Waals surface area contributed by atoms with Crippen LogP contribution in [0.1, 0.15) is 82.1 Å². The highest BCUT2D eigenvalue weighted by molar-refractivity contribution is 6.13. The molecule has 0 radical (unpaired) electrons. The van der Waals surface area contributed by atoms with E-state index in [1.54, 1.807) is 0 Å². The number of hydrogen-bond donors (Lipinski definition) is 1. The van der Waals surface area contributed by atoms with Crippen LogP contribution in [0.5, 0.6) is 5.88 Å². The Morgan fingerprint density at radius 2 is 2.09 bits per heavy atom. The summed E-state index contributed by atoms with van der Waals surface area (Å²) >= 11 is 0. The van der Waals surface area contributed by atoms with Crippen LogP contribution in [0, 0.1) is 5.92 Å². The molecule has 4 rings (SSSR count). The number of carbonyl (C=O) groups excluding carboxylic acids is 2. The Morgan fingerprint density at radius 1 is 1.24 bits per heavy atom. The van der Waals surface area contributed by atoms with Gasteiger partial charge in [0.05, 0.1) is 23.9 Å². The minimum Gasteiger partial charge on any atom is -0.476 e. The SMILES string of the molecule is CCC/C(C(=O)[C@H]1CCCCC1=O)=C(/N)c1nc(OC[C@@H]2CCCN2C)cc([C@H]2CCOC2)n1. The number of ketones is 2. The Kier molecular flexibility index (Phi) is 8.32. The second-order valence-electron chi connectivity index (χ2n) is 9.87. The second-order valence-corrected chi connectivity index (χ2v) is 9.87. The minimum absolute atomic E-state index is 0.0279. The van der Waals surface area contributed by atoms with Crippen LogP contribution in [0.4, 0.5) is 0 Å². The molecule has 3 fully saturated rings. The lowest BCUT2D eigenvalue weighted by Gasteiger charge is -2.22. The molecule has 3 heterocycles. The molecule has 0 spiro atoms. The molecule has 1 aliphatic carbocycles. The van der Waals surface area contributed by atoms with E-state index in [1.807, 2.05) is 13.0 Å². The summed E-state index contributed by atoms with van der Waals surface area (Å²) in [5.41, 5.74) is 8.16. The van der Waals surface area contributed by atoms with Crippen LogP contribution >= 0.6 is 0 Å². The van der Waals surface area contributed by atoms with E-state index in [2.05, 4.69) is 16.9 Å². The summed E-state index contributed by atoms with van der Waals surface area (Å²) in [6, 6.07) is 2.25. The van der Waals surface area contributed by atoms with E-state index in [0.29, 0.717) is 62.4 Å². The van der Waals surface area contributed by atoms with Crippen molar-refractivity contribution in [1.29, 1.82) is 0 Å². The highest BCUT2D eigenvalue weighted by atomic mass is 16.5. The van der Waals surface area contributed by atoms with E-state index in [9.17, 15) is 9.59 Å². The summed E-state index contributed by atoms with van der Waals surface area (Å²) < 4.78 is 11.7. The molecule has 3 aliphatic rings. The molecule has 1 aromatic rings. The van der Waals surface area contributed by atoms with E-state index in [0.717, 1.165) is 44.3 Å². The molecule has 8 heteroatoms. The largest absolute Gasteiger partial charge is 0.476 e. The number of likely N-dealkylation sites (tertiary alicyclic amines) is 1. The summed E-state index contributed by atoms with van der Waals surface area (Å²) in [6.07, 6.45) is 7.21. The zero-order valence-electron chi connectivity index (χ0n) is 20.6. The van der Waals surface area contributed by atoms with Crippen molar-refractivity contribution in [3.05, 3.63) is 23.2 Å². The number of nitrogens with two attached hydrogens (primary N) is 1. The molecule has 3 atom stereocenters. The van der Waals surface area contributed by atoms with Crippen molar-refractivity contribution in [3.8, 4) is 5.88 Å². The summed E-state index contributed by atoms with van der Waals surface area (Å²) in [7, 11) is 2.11. The molecule has 0 bridgehead atoms. The Morgan fingerprint density at radius 3 is 2.76 bits per heavy atom. The van der Waals surface area contributed by atoms with Gasteiger partial charge < -0.3 is 20.1 Å². The summed E-state index contributed by atoms with van der Waals surface area (Å²) in [5, 5.41) is 0. The molecule has 186 valence electrons. The molecule has 0 amide bonds. The number of nitrogens with zero attached hydrogens (tertiary/aromatic N) is 3. The van der Waals surface area contributed by atoms with Crippen molar-refractivity contribution in [1.82, 2.24) is 14.9 Å². The zero-order chi connectivity index (χ0) is 24.1. The fraction of sp³-hybridized carbons (Fsp3) is 0.692. The lowest BCUT2D eigenvalue weighted by molar-refractivity contribution is -0.132. The van der Waals surface area contributed by atoms with Crippen molar-refractivity contribution in [3.63, 3.8) is 0 Å². The van der Waals surface area contributed by atoms with Crippen LogP contribution in [-0.4, -0.2) is 65.9 Å². The van der Waals surface area contributed by atoms with Crippen LogP contribution in [-0.2, 0) is 14.3 Å². The molecule has 2 saturated heterocycles. The van der Waals surface area contributed by atoms with Crippen LogP contribution in [0.15, 0.2) is 11.6 Å². The lowest BCUT2D eigenvalue weighted by Crippen LogP contribution is -2.31. The molecule has 34 heavy (non-hydrogen) atoms. The zero-order valence-corrected chi connectivity index (χ0v) is 20.6. The van der Waals surface area contributed by atoms with E-state index in [4.69, 9.17) is 20.2 Å². The molecular formula is C26H38N4O4. The Hall–Kier alpha value is -2.32. The Labute approximate surface area is 202 Å². The van der Waals surface area contributed by atoms with Gasteiger partial charge in [-0.15, -0.1) is 0 Å². The van der Waals surface area contributed by atoms with Gasteiger partial charge in [-0.3, -0.25) is 9.59 Å². The number of hydrogen-bond acceptors (Lipinski definition) is 8. The number of allylic oxidation sites excluding steroid dienone is 1. The van der Waals surface area contributed by atoms with Gasteiger partial charge in [0.1, 0.15) is 12.4 Å². The van der Waals surface area contributed by atoms with Crippen molar-refractivity contribution in [2.75, 3.05) is 33.4 Å². The Balaban J connectivity index is 1.65. The third-order valence-electron chi connectivity index (χ3n) is 7.40. The van der Waals surface area contributed by atoms with Crippen molar-refractivity contribution in [2.24, 2.45) is 11.7 Å². The lowest BCUT2D eigenvalue weighted by atomic mass is 9.81.